The molecular formula is C18H16N2O. The number of benzene rings is 2. The van der Waals surface area contributed by atoms with Crippen molar-refractivity contribution in [3.8, 4) is 6.07 Å². The summed E-state index contributed by atoms with van der Waals surface area (Å²) in [6, 6.07) is 17.6. The molecule has 3 rings (SSSR count). The molecule has 3 nitrogen and oxygen atoms in total. The van der Waals surface area contributed by atoms with Gasteiger partial charge in [-0.2, -0.15) is 5.26 Å². The molecule has 0 atom stereocenters. The molecule has 0 fully saturated rings. The van der Waals surface area contributed by atoms with Gasteiger partial charge in [0.25, 0.3) is 0 Å². The summed E-state index contributed by atoms with van der Waals surface area (Å²) >= 11 is 0. The molecule has 1 heterocycles. The van der Waals surface area contributed by atoms with E-state index in [-0.39, 0.29) is 5.78 Å². The highest BCUT2D eigenvalue weighted by Gasteiger charge is 2.20. The number of nitrogens with zero attached hydrogens (tertiary/aromatic N) is 2. The van der Waals surface area contributed by atoms with E-state index in [2.05, 4.69) is 11.0 Å². The van der Waals surface area contributed by atoms with Crippen LogP contribution < -0.4 is 4.90 Å². The number of anilines is 1. The lowest BCUT2D eigenvalue weighted by atomic mass is 10.1. The van der Waals surface area contributed by atoms with Gasteiger partial charge in [-0.1, -0.05) is 30.3 Å². The second-order valence-electron chi connectivity index (χ2n) is 5.23. The first-order valence-electron chi connectivity index (χ1n) is 7.15. The lowest BCUT2D eigenvalue weighted by Crippen LogP contribution is -2.24. The van der Waals surface area contributed by atoms with Crippen LogP contribution in [0.3, 0.4) is 0 Å². The molecule has 104 valence electrons. The van der Waals surface area contributed by atoms with Crippen LogP contribution in [0.4, 0.5) is 5.69 Å². The molecule has 0 spiro atoms. The second kappa shape index (κ2) is 5.80. The van der Waals surface area contributed by atoms with E-state index >= 15 is 0 Å². The van der Waals surface area contributed by atoms with Crippen molar-refractivity contribution < 1.29 is 4.79 Å². The van der Waals surface area contributed by atoms with E-state index in [1.54, 1.807) is 0 Å². The maximum absolute atomic E-state index is 12.1. The Kier molecular flexibility index (Phi) is 3.70. The molecule has 0 N–H and O–H groups in total. The molecule has 0 aromatic heterocycles. The van der Waals surface area contributed by atoms with Crippen LogP contribution in [0.5, 0.6) is 0 Å². The van der Waals surface area contributed by atoms with E-state index in [0.29, 0.717) is 18.5 Å². The van der Waals surface area contributed by atoms with E-state index in [1.165, 1.54) is 0 Å². The van der Waals surface area contributed by atoms with Crippen molar-refractivity contribution in [2.75, 3.05) is 11.4 Å². The third-order valence-electron chi connectivity index (χ3n) is 3.88. The minimum Gasteiger partial charge on any atom is -0.367 e. The molecule has 0 amide bonds. The summed E-state index contributed by atoms with van der Waals surface area (Å²) in [6.07, 6.45) is 1.44. The maximum Gasteiger partial charge on any atom is 0.165 e. The Morgan fingerprint density at radius 2 is 1.86 bits per heavy atom. The summed E-state index contributed by atoms with van der Waals surface area (Å²) in [5, 5.41) is 9.22. The molecule has 1 aliphatic rings. The fourth-order valence-electron chi connectivity index (χ4n) is 2.81. The second-order valence-corrected chi connectivity index (χ2v) is 5.23. The molecule has 0 aliphatic carbocycles. The van der Waals surface area contributed by atoms with Gasteiger partial charge in [0.2, 0.25) is 0 Å². The van der Waals surface area contributed by atoms with Crippen molar-refractivity contribution in [1.82, 2.24) is 0 Å². The lowest BCUT2D eigenvalue weighted by Gasteiger charge is -2.25. The first-order valence-corrected chi connectivity index (χ1v) is 7.15. The Hall–Kier alpha value is -2.60. The highest BCUT2D eigenvalue weighted by atomic mass is 16.1. The number of carbonyl (C=O) groups excluding carboxylic acids is 1. The van der Waals surface area contributed by atoms with E-state index in [0.717, 1.165) is 29.8 Å². The normalized spacial score (nSPS) is 14.2. The first kappa shape index (κ1) is 13.4. The predicted molar refractivity (Wildman–Crippen MR) is 82.2 cm³/mol. The summed E-state index contributed by atoms with van der Waals surface area (Å²) in [4.78, 5) is 14.4. The highest BCUT2D eigenvalue weighted by molar-refractivity contribution is 6.01. The first-order chi connectivity index (χ1) is 10.3. The molecule has 2 aromatic rings. The molecule has 0 saturated carbocycles. The van der Waals surface area contributed by atoms with Gasteiger partial charge in [-0.25, -0.2) is 0 Å². The van der Waals surface area contributed by atoms with Crippen molar-refractivity contribution in [1.29, 1.82) is 5.26 Å². The molecule has 0 radical (unpaired) electrons. The zero-order valence-corrected chi connectivity index (χ0v) is 11.7. The number of hydrogen-bond acceptors (Lipinski definition) is 3. The van der Waals surface area contributed by atoms with Gasteiger partial charge in [0, 0.05) is 30.8 Å². The van der Waals surface area contributed by atoms with Crippen LogP contribution in [0.1, 0.15) is 34.3 Å². The van der Waals surface area contributed by atoms with Gasteiger partial charge in [0.1, 0.15) is 0 Å². The largest absolute Gasteiger partial charge is 0.367 e. The summed E-state index contributed by atoms with van der Waals surface area (Å²) in [6.45, 7) is 1.50. The van der Waals surface area contributed by atoms with Crippen molar-refractivity contribution in [3.63, 3.8) is 0 Å². The average Bonchev–Trinajstić information content (AvgIpc) is 2.68. The smallest absolute Gasteiger partial charge is 0.165 e. The number of hydrogen-bond donors (Lipinski definition) is 0. The van der Waals surface area contributed by atoms with Crippen LogP contribution in [0.25, 0.3) is 0 Å². The third kappa shape index (κ3) is 2.66. The Bertz CT molecular complexity index is 715. The topological polar surface area (TPSA) is 44.1 Å². The van der Waals surface area contributed by atoms with Crippen LogP contribution >= 0.6 is 0 Å². The van der Waals surface area contributed by atoms with Crippen molar-refractivity contribution in [2.24, 2.45) is 0 Å². The van der Waals surface area contributed by atoms with E-state index in [4.69, 9.17) is 0 Å². The van der Waals surface area contributed by atoms with Gasteiger partial charge in [-0.15, -0.1) is 0 Å². The van der Waals surface area contributed by atoms with Crippen molar-refractivity contribution in [3.05, 3.63) is 65.2 Å². The molecule has 2 aromatic carbocycles. The Balaban J connectivity index is 1.97. The minimum atomic E-state index is 0.210. The number of fused-ring (bicyclic) bond motifs is 1. The van der Waals surface area contributed by atoms with Gasteiger partial charge in [-0.05, 0) is 30.2 Å². The minimum absolute atomic E-state index is 0.210. The molecule has 3 heteroatoms. The molecule has 0 saturated heterocycles. The predicted octanol–water partition coefficient (Wildman–Crippen LogP) is 3.54. The quantitative estimate of drug-likeness (QED) is 0.842. The lowest BCUT2D eigenvalue weighted by molar-refractivity contribution is 0.0984. The summed E-state index contributed by atoms with van der Waals surface area (Å²) < 4.78 is 0. The number of Topliss-reactive ketones (excluding diaryl/α,β-unsaturated/α-hetero) is 1. The van der Waals surface area contributed by atoms with E-state index in [9.17, 15) is 10.1 Å². The number of carbonyl (C=O) groups is 1. The summed E-state index contributed by atoms with van der Waals surface area (Å²) in [5.41, 5.74) is 3.48. The zero-order valence-electron chi connectivity index (χ0n) is 11.7. The fraction of sp³-hybridized carbons (Fsp3) is 0.222. The fourth-order valence-corrected chi connectivity index (χ4v) is 2.81. The highest BCUT2D eigenvalue weighted by Crippen LogP contribution is 2.28. The van der Waals surface area contributed by atoms with Gasteiger partial charge in [-0.3, -0.25) is 4.79 Å². The molecule has 1 aliphatic heterocycles. The SMILES string of the molecule is N#Cc1ccccc1CN1CCCC(=O)c2ccccc21. The third-order valence-corrected chi connectivity index (χ3v) is 3.88. The van der Waals surface area contributed by atoms with Gasteiger partial charge in [0.15, 0.2) is 5.78 Å². The summed E-state index contributed by atoms with van der Waals surface area (Å²) in [7, 11) is 0. The van der Waals surface area contributed by atoms with Gasteiger partial charge >= 0.3 is 0 Å². The number of nitriles is 1. The molecular weight excluding hydrogens is 260 g/mol. The van der Waals surface area contributed by atoms with Crippen LogP contribution in [-0.4, -0.2) is 12.3 Å². The zero-order chi connectivity index (χ0) is 14.7. The van der Waals surface area contributed by atoms with Crippen LogP contribution in [0.2, 0.25) is 0 Å². The maximum atomic E-state index is 12.1. The van der Waals surface area contributed by atoms with E-state index in [1.807, 2.05) is 48.5 Å². The van der Waals surface area contributed by atoms with Crippen molar-refractivity contribution >= 4 is 11.5 Å². The standard InChI is InChI=1S/C18H16N2O/c19-12-14-6-1-2-7-15(14)13-20-11-5-10-18(21)16-8-3-4-9-17(16)20/h1-4,6-9H,5,10-11,13H2. The summed E-state index contributed by atoms with van der Waals surface area (Å²) in [5.74, 6) is 0.210. The van der Waals surface area contributed by atoms with Gasteiger partial charge in [0.05, 0.1) is 11.6 Å². The Labute approximate surface area is 124 Å². The molecule has 21 heavy (non-hydrogen) atoms. The molecule has 0 unspecified atom stereocenters. The monoisotopic (exact) mass is 276 g/mol. The average molecular weight is 276 g/mol. The Morgan fingerprint density at radius 1 is 1.10 bits per heavy atom. The van der Waals surface area contributed by atoms with Crippen molar-refractivity contribution in [2.45, 2.75) is 19.4 Å². The number of para-hydroxylation sites is 1. The Morgan fingerprint density at radius 3 is 2.71 bits per heavy atom. The van der Waals surface area contributed by atoms with Crippen LogP contribution in [-0.2, 0) is 6.54 Å². The van der Waals surface area contributed by atoms with Gasteiger partial charge < -0.3 is 4.90 Å². The molecule has 0 bridgehead atoms. The number of ketones is 1. The van der Waals surface area contributed by atoms with Crippen LogP contribution in [0, 0.1) is 11.3 Å². The van der Waals surface area contributed by atoms with E-state index < -0.39 is 0 Å². The van der Waals surface area contributed by atoms with Crippen LogP contribution in [0.15, 0.2) is 48.5 Å². The number of rotatable bonds is 2.